The van der Waals surface area contributed by atoms with Crippen LogP contribution in [0.2, 0.25) is 10.0 Å². The molecule has 0 aliphatic heterocycles. The first-order valence-corrected chi connectivity index (χ1v) is 9.53. The lowest BCUT2D eigenvalue weighted by molar-refractivity contribution is -0.115. The van der Waals surface area contributed by atoms with Crippen molar-refractivity contribution < 1.29 is 9.21 Å². The number of nitrogens with one attached hydrogen (secondary N) is 1. The molecule has 0 unspecified atom stereocenters. The second kappa shape index (κ2) is 8.58. The number of benzene rings is 2. The zero-order valence-electron chi connectivity index (χ0n) is 13.8. The summed E-state index contributed by atoms with van der Waals surface area (Å²) in [5, 5.41) is 11.2. The predicted octanol–water partition coefficient (Wildman–Crippen LogP) is 5.47. The first-order chi connectivity index (χ1) is 12.5. The normalized spacial score (nSPS) is 10.7. The van der Waals surface area contributed by atoms with E-state index in [1.54, 1.807) is 30.0 Å². The van der Waals surface area contributed by atoms with E-state index in [2.05, 4.69) is 15.5 Å². The molecule has 0 radical (unpaired) electrons. The van der Waals surface area contributed by atoms with Gasteiger partial charge in [0.25, 0.3) is 5.89 Å². The topological polar surface area (TPSA) is 68.0 Å². The van der Waals surface area contributed by atoms with Crippen molar-refractivity contribution in [3.63, 3.8) is 0 Å². The van der Waals surface area contributed by atoms with Crippen LogP contribution in [-0.2, 0) is 4.79 Å². The highest BCUT2D eigenvalue weighted by Crippen LogP contribution is 2.30. The van der Waals surface area contributed by atoms with Crippen LogP contribution in [0.4, 0.5) is 6.01 Å². The molecule has 3 aromatic rings. The van der Waals surface area contributed by atoms with Crippen LogP contribution in [0, 0.1) is 6.92 Å². The van der Waals surface area contributed by atoms with E-state index in [0.717, 1.165) is 4.90 Å². The van der Waals surface area contributed by atoms with Gasteiger partial charge in [0, 0.05) is 22.1 Å². The second-order valence-electron chi connectivity index (χ2n) is 5.50. The van der Waals surface area contributed by atoms with Gasteiger partial charge in [0.2, 0.25) is 5.91 Å². The van der Waals surface area contributed by atoms with Crippen molar-refractivity contribution in [2.75, 3.05) is 11.1 Å². The van der Waals surface area contributed by atoms with Crippen molar-refractivity contribution in [1.29, 1.82) is 0 Å². The molecule has 0 aliphatic carbocycles. The van der Waals surface area contributed by atoms with Gasteiger partial charge in [-0.1, -0.05) is 46.0 Å². The van der Waals surface area contributed by atoms with E-state index in [0.29, 0.717) is 27.8 Å². The highest BCUT2D eigenvalue weighted by Gasteiger charge is 2.14. The third kappa shape index (κ3) is 5.00. The van der Waals surface area contributed by atoms with Crippen molar-refractivity contribution in [2.45, 2.75) is 18.2 Å². The molecular formula is C18H15Cl2N3O2S. The van der Waals surface area contributed by atoms with Gasteiger partial charge in [-0.15, -0.1) is 16.9 Å². The Morgan fingerprint density at radius 2 is 1.92 bits per heavy atom. The van der Waals surface area contributed by atoms with Crippen molar-refractivity contribution in [2.24, 2.45) is 0 Å². The molecule has 1 N–H and O–H groups in total. The summed E-state index contributed by atoms with van der Waals surface area (Å²) in [7, 11) is 0. The van der Waals surface area contributed by atoms with E-state index in [-0.39, 0.29) is 17.8 Å². The highest BCUT2D eigenvalue weighted by atomic mass is 35.5. The van der Waals surface area contributed by atoms with Gasteiger partial charge < -0.3 is 4.42 Å². The Bertz CT molecular complexity index is 913. The Morgan fingerprint density at radius 1 is 1.15 bits per heavy atom. The van der Waals surface area contributed by atoms with Crippen LogP contribution >= 0.6 is 35.0 Å². The lowest BCUT2D eigenvalue weighted by Gasteiger charge is -2.02. The average molecular weight is 408 g/mol. The molecule has 3 rings (SSSR count). The van der Waals surface area contributed by atoms with Gasteiger partial charge in [-0.05, 0) is 37.3 Å². The van der Waals surface area contributed by atoms with Gasteiger partial charge >= 0.3 is 6.01 Å². The molecule has 26 heavy (non-hydrogen) atoms. The number of rotatable bonds is 6. The van der Waals surface area contributed by atoms with E-state index < -0.39 is 0 Å². The fraction of sp³-hybridized carbons (Fsp3) is 0.167. The summed E-state index contributed by atoms with van der Waals surface area (Å²) >= 11 is 13.6. The fourth-order valence-corrected chi connectivity index (χ4v) is 3.46. The molecular weight excluding hydrogens is 393 g/mol. The van der Waals surface area contributed by atoms with Crippen LogP contribution in [0.25, 0.3) is 11.5 Å². The van der Waals surface area contributed by atoms with Crippen molar-refractivity contribution >= 4 is 46.9 Å². The Balaban J connectivity index is 1.53. The molecule has 2 aromatic carbocycles. The third-order valence-electron chi connectivity index (χ3n) is 3.45. The zero-order chi connectivity index (χ0) is 18.5. The van der Waals surface area contributed by atoms with Crippen LogP contribution in [0.1, 0.15) is 12.0 Å². The van der Waals surface area contributed by atoms with Crippen molar-refractivity contribution in [3.8, 4) is 11.5 Å². The number of thioether (sulfide) groups is 1. The Hall–Kier alpha value is -2.02. The molecule has 1 heterocycles. The van der Waals surface area contributed by atoms with Gasteiger partial charge in [-0.25, -0.2) is 0 Å². The Labute approximate surface area is 165 Å². The molecule has 0 atom stereocenters. The lowest BCUT2D eigenvalue weighted by Crippen LogP contribution is -2.12. The number of amides is 1. The monoisotopic (exact) mass is 407 g/mol. The van der Waals surface area contributed by atoms with Gasteiger partial charge in [0.05, 0.1) is 10.6 Å². The first kappa shape index (κ1) is 18.8. The van der Waals surface area contributed by atoms with E-state index in [1.165, 1.54) is 5.56 Å². The molecule has 1 aromatic heterocycles. The Morgan fingerprint density at radius 3 is 2.65 bits per heavy atom. The van der Waals surface area contributed by atoms with Gasteiger partial charge in [0.1, 0.15) is 0 Å². The van der Waals surface area contributed by atoms with Gasteiger partial charge in [-0.2, -0.15) is 0 Å². The molecule has 8 heteroatoms. The van der Waals surface area contributed by atoms with Crippen LogP contribution in [-0.4, -0.2) is 21.9 Å². The van der Waals surface area contributed by atoms with Crippen LogP contribution in [0.5, 0.6) is 0 Å². The van der Waals surface area contributed by atoms with E-state index in [1.807, 2.05) is 31.2 Å². The number of aryl methyl sites for hydroxylation is 1. The van der Waals surface area contributed by atoms with Gasteiger partial charge in [0.15, 0.2) is 0 Å². The molecule has 0 saturated heterocycles. The molecule has 0 bridgehead atoms. The minimum absolute atomic E-state index is 0.0383. The zero-order valence-corrected chi connectivity index (χ0v) is 16.2. The van der Waals surface area contributed by atoms with Crippen LogP contribution in [0.3, 0.4) is 0 Å². The summed E-state index contributed by atoms with van der Waals surface area (Å²) in [5.41, 5.74) is 1.76. The summed E-state index contributed by atoms with van der Waals surface area (Å²) in [4.78, 5) is 13.1. The van der Waals surface area contributed by atoms with Crippen LogP contribution in [0.15, 0.2) is 51.8 Å². The molecule has 0 saturated carbocycles. The minimum Gasteiger partial charge on any atom is -0.403 e. The standard InChI is InChI=1S/C18H15Cl2N3O2S/c1-11-2-5-13(6-3-11)26-9-8-16(24)21-18-23-22-17(25-18)14-7-4-12(19)10-15(14)20/h2-7,10H,8-9H2,1H3,(H,21,23,24). The molecule has 134 valence electrons. The fourth-order valence-electron chi connectivity index (χ4n) is 2.12. The molecule has 0 aliphatic rings. The number of carbonyl (C=O) groups excluding carboxylic acids is 1. The van der Waals surface area contributed by atoms with Gasteiger partial charge in [-0.3, -0.25) is 10.1 Å². The van der Waals surface area contributed by atoms with E-state index in [4.69, 9.17) is 27.6 Å². The molecule has 0 fully saturated rings. The van der Waals surface area contributed by atoms with E-state index >= 15 is 0 Å². The SMILES string of the molecule is Cc1ccc(SCCC(=O)Nc2nnc(-c3ccc(Cl)cc3Cl)o2)cc1. The number of aromatic nitrogens is 2. The van der Waals surface area contributed by atoms with Crippen LogP contribution < -0.4 is 5.32 Å². The number of anilines is 1. The summed E-state index contributed by atoms with van der Waals surface area (Å²) in [6, 6.07) is 13.2. The average Bonchev–Trinajstić information content (AvgIpc) is 3.04. The quantitative estimate of drug-likeness (QED) is 0.548. The molecule has 0 spiro atoms. The number of hydrogen-bond donors (Lipinski definition) is 1. The number of nitrogens with zero attached hydrogens (tertiary/aromatic N) is 2. The predicted molar refractivity (Wildman–Crippen MR) is 105 cm³/mol. The highest BCUT2D eigenvalue weighted by molar-refractivity contribution is 7.99. The summed E-state index contributed by atoms with van der Waals surface area (Å²) in [6.07, 6.45) is 0.331. The second-order valence-corrected chi connectivity index (χ2v) is 7.51. The third-order valence-corrected chi connectivity index (χ3v) is 5.01. The first-order valence-electron chi connectivity index (χ1n) is 7.79. The smallest absolute Gasteiger partial charge is 0.322 e. The maximum Gasteiger partial charge on any atom is 0.322 e. The largest absolute Gasteiger partial charge is 0.403 e. The summed E-state index contributed by atoms with van der Waals surface area (Å²) in [6.45, 7) is 2.04. The number of hydrogen-bond acceptors (Lipinski definition) is 5. The van der Waals surface area contributed by atoms with E-state index in [9.17, 15) is 4.79 Å². The maximum absolute atomic E-state index is 12.0. The minimum atomic E-state index is -0.193. The van der Waals surface area contributed by atoms with Crippen molar-refractivity contribution in [1.82, 2.24) is 10.2 Å². The summed E-state index contributed by atoms with van der Waals surface area (Å²) < 4.78 is 5.45. The summed E-state index contributed by atoms with van der Waals surface area (Å²) in [5.74, 6) is 0.678. The maximum atomic E-state index is 12.0. The lowest BCUT2D eigenvalue weighted by atomic mass is 10.2. The molecule has 5 nitrogen and oxygen atoms in total. The number of carbonyl (C=O) groups is 1. The molecule has 1 amide bonds. The number of halogens is 2. The Kier molecular flexibility index (Phi) is 6.19. The van der Waals surface area contributed by atoms with Crippen molar-refractivity contribution in [3.05, 3.63) is 58.1 Å².